The minimum atomic E-state index is -0.108. The second-order valence-corrected chi connectivity index (χ2v) is 6.26. The number of ether oxygens (including phenoxy) is 1. The molecule has 1 aromatic carbocycles. The van der Waals surface area contributed by atoms with Crippen LogP contribution in [0.3, 0.4) is 0 Å². The highest BCUT2D eigenvalue weighted by Gasteiger charge is 2.10. The Morgan fingerprint density at radius 1 is 1.22 bits per heavy atom. The van der Waals surface area contributed by atoms with Gasteiger partial charge in [0, 0.05) is 0 Å². The van der Waals surface area contributed by atoms with E-state index in [1.807, 2.05) is 12.1 Å². The van der Waals surface area contributed by atoms with E-state index in [0.717, 1.165) is 19.4 Å². The molecule has 0 radical (unpaired) electrons. The first kappa shape index (κ1) is 16.0. The lowest BCUT2D eigenvalue weighted by Gasteiger charge is -2.26. The topological polar surface area (TPSA) is 58.2 Å². The average molecular weight is 315 g/mol. The van der Waals surface area contributed by atoms with E-state index < -0.39 is 0 Å². The predicted octanol–water partition coefficient (Wildman–Crippen LogP) is 2.88. The van der Waals surface area contributed by atoms with Gasteiger partial charge in [0.15, 0.2) is 0 Å². The van der Waals surface area contributed by atoms with Crippen LogP contribution in [0.5, 0.6) is 5.75 Å². The maximum Gasteiger partial charge on any atom is 0.258 e. The van der Waals surface area contributed by atoms with Crippen molar-refractivity contribution in [3.63, 3.8) is 0 Å². The van der Waals surface area contributed by atoms with Crippen LogP contribution in [-0.4, -0.2) is 41.1 Å². The van der Waals surface area contributed by atoms with Crippen molar-refractivity contribution in [2.24, 2.45) is 0 Å². The normalized spacial score (nSPS) is 15.9. The fraction of sp³-hybridized carbons (Fsp3) is 0.556. The highest BCUT2D eigenvalue weighted by molar-refractivity contribution is 5.83. The maximum atomic E-state index is 11.9. The van der Waals surface area contributed by atoms with Crippen molar-refractivity contribution < 1.29 is 4.74 Å². The molecule has 0 unspecified atom stereocenters. The molecule has 2 heterocycles. The van der Waals surface area contributed by atoms with Crippen LogP contribution >= 0.6 is 0 Å². The monoisotopic (exact) mass is 315 g/mol. The van der Waals surface area contributed by atoms with Gasteiger partial charge in [0.05, 0.1) is 12.0 Å². The largest absolute Gasteiger partial charge is 0.491 e. The first-order valence-corrected chi connectivity index (χ1v) is 8.59. The van der Waals surface area contributed by atoms with Crippen LogP contribution in [0.25, 0.3) is 10.9 Å². The Hall–Kier alpha value is -1.88. The third kappa shape index (κ3) is 4.10. The number of unbranched alkanes of at least 4 members (excludes halogenated alkanes) is 1. The Morgan fingerprint density at radius 3 is 2.87 bits per heavy atom. The fourth-order valence-electron chi connectivity index (χ4n) is 3.17. The molecule has 0 bridgehead atoms. The molecule has 1 fully saturated rings. The van der Waals surface area contributed by atoms with Gasteiger partial charge in [-0.05, 0) is 64.4 Å². The fourth-order valence-corrected chi connectivity index (χ4v) is 3.17. The number of likely N-dealkylation sites (tertiary alicyclic amines) is 1. The Balaban J connectivity index is 1.54. The number of fused-ring (bicyclic) bond motifs is 1. The van der Waals surface area contributed by atoms with Gasteiger partial charge in [0.25, 0.3) is 5.56 Å². The summed E-state index contributed by atoms with van der Waals surface area (Å²) in [7, 11) is 0. The summed E-state index contributed by atoms with van der Waals surface area (Å²) in [4.78, 5) is 21.6. The number of piperidine rings is 1. The van der Waals surface area contributed by atoms with Gasteiger partial charge in [-0.3, -0.25) is 4.79 Å². The third-order valence-corrected chi connectivity index (χ3v) is 4.39. The Morgan fingerprint density at radius 2 is 2.04 bits per heavy atom. The second-order valence-electron chi connectivity index (χ2n) is 6.26. The molecule has 1 saturated heterocycles. The van der Waals surface area contributed by atoms with Crippen LogP contribution in [-0.2, 0) is 0 Å². The van der Waals surface area contributed by atoms with Crippen molar-refractivity contribution in [2.75, 3.05) is 26.2 Å². The first-order valence-electron chi connectivity index (χ1n) is 8.59. The van der Waals surface area contributed by atoms with E-state index in [-0.39, 0.29) is 5.56 Å². The molecule has 5 heteroatoms. The third-order valence-electron chi connectivity index (χ3n) is 4.39. The van der Waals surface area contributed by atoms with E-state index in [4.69, 9.17) is 4.74 Å². The number of aromatic nitrogens is 2. The zero-order chi connectivity index (χ0) is 16.1. The second kappa shape index (κ2) is 7.59. The summed E-state index contributed by atoms with van der Waals surface area (Å²) in [6, 6.07) is 5.51. The van der Waals surface area contributed by atoms with Gasteiger partial charge in [-0.2, -0.15) is 0 Å². The number of hydrogen-bond donors (Lipinski definition) is 1. The quantitative estimate of drug-likeness (QED) is 0.833. The van der Waals surface area contributed by atoms with Gasteiger partial charge in [-0.15, -0.1) is 0 Å². The van der Waals surface area contributed by atoms with Crippen LogP contribution < -0.4 is 10.3 Å². The Kier molecular flexibility index (Phi) is 5.28. The number of aromatic amines is 1. The van der Waals surface area contributed by atoms with Crippen molar-refractivity contribution in [3.05, 3.63) is 34.4 Å². The highest BCUT2D eigenvalue weighted by Crippen LogP contribution is 2.21. The molecule has 0 amide bonds. The SMILES string of the molecule is Cc1nc2c(OCCCCN3CCCCC3)cccc2c(=O)[nH]1. The molecule has 5 nitrogen and oxygen atoms in total. The van der Waals surface area contributed by atoms with Gasteiger partial charge in [-0.25, -0.2) is 4.98 Å². The molecule has 3 rings (SSSR count). The number of aryl methyl sites for hydroxylation is 1. The van der Waals surface area contributed by atoms with Crippen LogP contribution in [0.15, 0.2) is 23.0 Å². The van der Waals surface area contributed by atoms with Gasteiger partial charge in [-0.1, -0.05) is 12.5 Å². The van der Waals surface area contributed by atoms with Crippen molar-refractivity contribution in [3.8, 4) is 5.75 Å². The Labute approximate surface area is 136 Å². The molecule has 1 aromatic heterocycles. The molecular formula is C18H25N3O2. The molecular weight excluding hydrogens is 290 g/mol. The van der Waals surface area contributed by atoms with E-state index in [1.54, 1.807) is 13.0 Å². The number of para-hydroxylation sites is 1. The molecule has 0 aliphatic carbocycles. The minimum Gasteiger partial charge on any atom is -0.491 e. The number of rotatable bonds is 6. The van der Waals surface area contributed by atoms with E-state index in [9.17, 15) is 4.79 Å². The minimum absolute atomic E-state index is 0.108. The van der Waals surface area contributed by atoms with E-state index >= 15 is 0 Å². The van der Waals surface area contributed by atoms with Gasteiger partial charge in [0.2, 0.25) is 0 Å². The lowest BCUT2D eigenvalue weighted by molar-refractivity contribution is 0.216. The number of benzene rings is 1. The van der Waals surface area contributed by atoms with Crippen LogP contribution in [0.1, 0.15) is 37.9 Å². The summed E-state index contributed by atoms with van der Waals surface area (Å²) >= 11 is 0. The highest BCUT2D eigenvalue weighted by atomic mass is 16.5. The zero-order valence-corrected chi connectivity index (χ0v) is 13.8. The lowest BCUT2D eigenvalue weighted by Crippen LogP contribution is -2.30. The van der Waals surface area contributed by atoms with Crippen molar-refractivity contribution in [1.29, 1.82) is 0 Å². The van der Waals surface area contributed by atoms with Crippen molar-refractivity contribution in [1.82, 2.24) is 14.9 Å². The van der Waals surface area contributed by atoms with Gasteiger partial charge < -0.3 is 14.6 Å². The number of hydrogen-bond acceptors (Lipinski definition) is 4. The molecule has 2 aromatic rings. The zero-order valence-electron chi connectivity index (χ0n) is 13.8. The maximum absolute atomic E-state index is 11.9. The van der Waals surface area contributed by atoms with Crippen molar-refractivity contribution in [2.45, 2.75) is 39.0 Å². The summed E-state index contributed by atoms with van der Waals surface area (Å²) in [5.74, 6) is 1.32. The van der Waals surface area contributed by atoms with Crippen molar-refractivity contribution >= 4 is 10.9 Å². The summed E-state index contributed by atoms with van der Waals surface area (Å²) in [5, 5.41) is 0.585. The molecule has 1 aliphatic heterocycles. The van der Waals surface area contributed by atoms with Crippen LogP contribution in [0.4, 0.5) is 0 Å². The lowest BCUT2D eigenvalue weighted by atomic mass is 10.1. The van der Waals surface area contributed by atoms with E-state index in [1.165, 1.54) is 32.4 Å². The first-order chi connectivity index (χ1) is 11.2. The number of nitrogens with one attached hydrogen (secondary N) is 1. The summed E-state index contributed by atoms with van der Waals surface area (Å²) in [6.07, 6.45) is 6.23. The van der Waals surface area contributed by atoms with E-state index in [2.05, 4.69) is 14.9 Å². The Bertz CT molecular complexity index is 705. The molecule has 23 heavy (non-hydrogen) atoms. The molecule has 1 N–H and O–H groups in total. The summed E-state index contributed by atoms with van der Waals surface area (Å²) in [6.45, 7) is 6.11. The van der Waals surface area contributed by atoms with E-state index in [0.29, 0.717) is 29.1 Å². The van der Waals surface area contributed by atoms with Gasteiger partial charge >= 0.3 is 0 Å². The van der Waals surface area contributed by atoms with Gasteiger partial charge in [0.1, 0.15) is 17.1 Å². The van der Waals surface area contributed by atoms with Crippen LogP contribution in [0, 0.1) is 6.92 Å². The number of nitrogens with zero attached hydrogens (tertiary/aromatic N) is 2. The number of H-pyrrole nitrogens is 1. The summed E-state index contributed by atoms with van der Waals surface area (Å²) < 4.78 is 5.88. The molecule has 0 spiro atoms. The summed E-state index contributed by atoms with van der Waals surface area (Å²) in [5.41, 5.74) is 0.549. The standard InChI is InChI=1S/C18H25N3O2/c1-14-19-17-15(18(22)20-14)8-7-9-16(17)23-13-6-5-12-21-10-3-2-4-11-21/h7-9H,2-6,10-13H2,1H3,(H,19,20,22). The molecule has 0 atom stereocenters. The molecule has 0 saturated carbocycles. The smallest absolute Gasteiger partial charge is 0.258 e. The molecule has 1 aliphatic rings. The van der Waals surface area contributed by atoms with Crippen LogP contribution in [0.2, 0.25) is 0 Å². The molecule has 124 valence electrons. The average Bonchev–Trinajstić information content (AvgIpc) is 2.56. The predicted molar refractivity (Wildman–Crippen MR) is 92.1 cm³/mol.